The number of carbonyl (C=O) groups is 1. The molecular formula is C12H20N4O. The molecule has 1 aromatic rings. The third kappa shape index (κ3) is 2.34. The molecule has 5 nitrogen and oxygen atoms in total. The molecule has 0 fully saturated rings. The van der Waals surface area contributed by atoms with Gasteiger partial charge in [0, 0.05) is 18.2 Å². The van der Waals surface area contributed by atoms with Gasteiger partial charge >= 0.3 is 0 Å². The van der Waals surface area contributed by atoms with Crippen LogP contribution in [0.1, 0.15) is 49.4 Å². The van der Waals surface area contributed by atoms with Crippen molar-refractivity contribution in [3.05, 3.63) is 17.2 Å². The highest BCUT2D eigenvalue weighted by atomic mass is 16.2. The molecule has 1 amide bonds. The van der Waals surface area contributed by atoms with Gasteiger partial charge in [-0.15, -0.1) is 0 Å². The van der Waals surface area contributed by atoms with Crippen LogP contribution < -0.4 is 11.3 Å². The van der Waals surface area contributed by atoms with Gasteiger partial charge in [-0.1, -0.05) is 0 Å². The van der Waals surface area contributed by atoms with E-state index >= 15 is 0 Å². The van der Waals surface area contributed by atoms with Crippen LogP contribution in [0.4, 0.5) is 0 Å². The number of fused-ring (bicyclic) bond motifs is 1. The highest BCUT2D eigenvalue weighted by molar-refractivity contribution is 5.75. The second-order valence-electron chi connectivity index (χ2n) is 4.75. The van der Waals surface area contributed by atoms with Crippen LogP contribution in [0, 0.1) is 6.92 Å². The lowest BCUT2D eigenvalue weighted by Gasteiger charge is -2.20. The number of nitrogens with one attached hydrogen (secondary N) is 1. The lowest BCUT2D eigenvalue weighted by molar-refractivity contribution is -0.121. The third-order valence-corrected chi connectivity index (χ3v) is 3.43. The molecule has 0 radical (unpaired) electrons. The first-order valence-corrected chi connectivity index (χ1v) is 6.19. The van der Waals surface area contributed by atoms with Crippen LogP contribution in [0.25, 0.3) is 0 Å². The van der Waals surface area contributed by atoms with Gasteiger partial charge in [-0.2, -0.15) is 0 Å². The van der Waals surface area contributed by atoms with Crippen molar-refractivity contribution in [3.63, 3.8) is 0 Å². The summed E-state index contributed by atoms with van der Waals surface area (Å²) in [6.07, 6.45) is 4.99. The highest BCUT2D eigenvalue weighted by Gasteiger charge is 2.22. The molecule has 1 heterocycles. The number of nitrogens with zero attached hydrogens (tertiary/aromatic N) is 2. The van der Waals surface area contributed by atoms with Gasteiger partial charge in [0.15, 0.2) is 0 Å². The highest BCUT2D eigenvalue weighted by Crippen LogP contribution is 2.26. The number of rotatable bonds is 3. The first kappa shape index (κ1) is 12.1. The maximum Gasteiger partial charge on any atom is 0.235 e. The van der Waals surface area contributed by atoms with Gasteiger partial charge in [-0.3, -0.25) is 10.2 Å². The number of amides is 1. The fourth-order valence-electron chi connectivity index (χ4n) is 2.70. The molecule has 0 aromatic carbocycles. The van der Waals surface area contributed by atoms with Gasteiger partial charge in [0.2, 0.25) is 5.91 Å². The molecule has 1 atom stereocenters. The average Bonchev–Trinajstić information content (AvgIpc) is 2.64. The summed E-state index contributed by atoms with van der Waals surface area (Å²) in [6.45, 7) is 4.05. The van der Waals surface area contributed by atoms with Crippen LogP contribution in [-0.4, -0.2) is 15.5 Å². The summed E-state index contributed by atoms with van der Waals surface area (Å²) in [6, 6.07) is 0.118. The summed E-state index contributed by atoms with van der Waals surface area (Å²) in [5.41, 5.74) is 4.71. The normalized spacial score (nSPS) is 16.4. The maximum atomic E-state index is 11.3. The standard InChI is InChI=1S/C12H20N4O/c1-8(7-12(17)15-13)16-9(2)14-10-5-3-4-6-11(10)16/h8H,3-7,13H2,1-2H3,(H,15,17). The fraction of sp³-hybridized carbons (Fsp3) is 0.667. The first-order chi connectivity index (χ1) is 8.13. The van der Waals surface area contributed by atoms with Crippen molar-refractivity contribution >= 4 is 5.91 Å². The lowest BCUT2D eigenvalue weighted by Crippen LogP contribution is -2.32. The Morgan fingerprint density at radius 3 is 2.94 bits per heavy atom. The molecule has 2 rings (SSSR count). The summed E-state index contributed by atoms with van der Waals surface area (Å²) in [5.74, 6) is 6.00. The fourth-order valence-corrected chi connectivity index (χ4v) is 2.70. The lowest BCUT2D eigenvalue weighted by atomic mass is 10.0. The Morgan fingerprint density at radius 2 is 2.24 bits per heavy atom. The van der Waals surface area contributed by atoms with Crippen LogP contribution in [0.15, 0.2) is 0 Å². The number of nitrogens with two attached hydrogens (primary N) is 1. The van der Waals surface area contributed by atoms with E-state index in [4.69, 9.17) is 5.84 Å². The Labute approximate surface area is 101 Å². The van der Waals surface area contributed by atoms with Crippen LogP contribution in [-0.2, 0) is 17.6 Å². The molecule has 5 heteroatoms. The Hall–Kier alpha value is -1.36. The van der Waals surface area contributed by atoms with E-state index in [2.05, 4.69) is 15.0 Å². The monoisotopic (exact) mass is 236 g/mol. The van der Waals surface area contributed by atoms with E-state index < -0.39 is 0 Å². The number of hydrazine groups is 1. The molecule has 3 N–H and O–H groups in total. The molecule has 17 heavy (non-hydrogen) atoms. The van der Waals surface area contributed by atoms with Crippen molar-refractivity contribution in [2.24, 2.45) is 5.84 Å². The van der Waals surface area contributed by atoms with E-state index in [1.54, 1.807) is 0 Å². The first-order valence-electron chi connectivity index (χ1n) is 6.19. The zero-order valence-electron chi connectivity index (χ0n) is 10.5. The molecule has 1 aliphatic rings. The Bertz CT molecular complexity index is 424. The van der Waals surface area contributed by atoms with Crippen LogP contribution in [0.5, 0.6) is 0 Å². The van der Waals surface area contributed by atoms with Crippen molar-refractivity contribution in [3.8, 4) is 0 Å². The molecule has 0 bridgehead atoms. The van der Waals surface area contributed by atoms with E-state index in [0.29, 0.717) is 6.42 Å². The summed E-state index contributed by atoms with van der Waals surface area (Å²) in [4.78, 5) is 15.9. The summed E-state index contributed by atoms with van der Waals surface area (Å²) in [7, 11) is 0. The SMILES string of the molecule is Cc1nc2c(n1C(C)CC(=O)NN)CCCC2. The van der Waals surface area contributed by atoms with Crippen LogP contribution in [0.3, 0.4) is 0 Å². The zero-order valence-corrected chi connectivity index (χ0v) is 10.5. The predicted molar refractivity (Wildman–Crippen MR) is 65.3 cm³/mol. The number of carbonyl (C=O) groups excluding carboxylic acids is 1. The zero-order chi connectivity index (χ0) is 12.4. The smallest absolute Gasteiger partial charge is 0.235 e. The number of aryl methyl sites for hydroxylation is 2. The number of hydrogen-bond acceptors (Lipinski definition) is 3. The topological polar surface area (TPSA) is 72.9 Å². The van der Waals surface area contributed by atoms with Gasteiger partial charge in [0.1, 0.15) is 5.82 Å². The van der Waals surface area contributed by atoms with Gasteiger partial charge in [-0.25, -0.2) is 10.8 Å². The molecule has 0 saturated carbocycles. The summed E-state index contributed by atoms with van der Waals surface area (Å²) in [5, 5.41) is 0. The maximum absolute atomic E-state index is 11.3. The molecule has 1 unspecified atom stereocenters. The van der Waals surface area contributed by atoms with E-state index in [1.165, 1.54) is 24.2 Å². The Balaban J connectivity index is 2.25. The van der Waals surface area contributed by atoms with Gasteiger partial charge in [0.25, 0.3) is 0 Å². The second-order valence-corrected chi connectivity index (χ2v) is 4.75. The minimum atomic E-state index is -0.129. The number of hydrogen-bond donors (Lipinski definition) is 2. The van der Waals surface area contributed by atoms with E-state index in [0.717, 1.165) is 18.7 Å². The van der Waals surface area contributed by atoms with Crippen molar-refractivity contribution in [2.45, 2.75) is 52.0 Å². The van der Waals surface area contributed by atoms with Crippen LogP contribution in [0.2, 0.25) is 0 Å². The average molecular weight is 236 g/mol. The molecule has 1 aliphatic carbocycles. The van der Waals surface area contributed by atoms with Crippen molar-refractivity contribution in [1.82, 2.24) is 15.0 Å². The van der Waals surface area contributed by atoms with Crippen molar-refractivity contribution < 1.29 is 4.79 Å². The Morgan fingerprint density at radius 1 is 1.53 bits per heavy atom. The Kier molecular flexibility index (Phi) is 3.47. The predicted octanol–water partition coefficient (Wildman–Crippen LogP) is 1.01. The number of aromatic nitrogens is 2. The van der Waals surface area contributed by atoms with Crippen LogP contribution >= 0.6 is 0 Å². The van der Waals surface area contributed by atoms with Gasteiger partial charge in [0.05, 0.1) is 5.69 Å². The molecular weight excluding hydrogens is 216 g/mol. The second kappa shape index (κ2) is 4.87. The summed E-state index contributed by atoms with van der Waals surface area (Å²) < 4.78 is 2.20. The quantitative estimate of drug-likeness (QED) is 0.467. The minimum absolute atomic E-state index is 0.118. The molecule has 0 aliphatic heterocycles. The van der Waals surface area contributed by atoms with E-state index in [1.807, 2.05) is 13.8 Å². The minimum Gasteiger partial charge on any atom is -0.329 e. The molecule has 1 aromatic heterocycles. The van der Waals surface area contributed by atoms with Crippen molar-refractivity contribution in [1.29, 1.82) is 0 Å². The molecule has 94 valence electrons. The molecule has 0 saturated heterocycles. The van der Waals surface area contributed by atoms with E-state index in [-0.39, 0.29) is 11.9 Å². The van der Waals surface area contributed by atoms with Gasteiger partial charge < -0.3 is 4.57 Å². The summed E-state index contributed by atoms with van der Waals surface area (Å²) >= 11 is 0. The van der Waals surface area contributed by atoms with E-state index in [9.17, 15) is 4.79 Å². The number of imidazole rings is 1. The van der Waals surface area contributed by atoms with Gasteiger partial charge in [-0.05, 0) is 39.5 Å². The van der Waals surface area contributed by atoms with Crippen molar-refractivity contribution in [2.75, 3.05) is 0 Å². The molecule has 0 spiro atoms. The third-order valence-electron chi connectivity index (χ3n) is 3.43. The largest absolute Gasteiger partial charge is 0.329 e.